The van der Waals surface area contributed by atoms with E-state index in [-0.39, 0.29) is 0 Å². The van der Waals surface area contributed by atoms with Crippen LogP contribution in [0.25, 0.3) is 0 Å². The van der Waals surface area contributed by atoms with E-state index in [1.165, 1.54) is 12.8 Å². The molecule has 2 rings (SSSR count). The van der Waals surface area contributed by atoms with Crippen molar-refractivity contribution in [1.29, 1.82) is 0 Å². The number of aromatic nitrogens is 1. The van der Waals surface area contributed by atoms with Crippen molar-refractivity contribution >= 4 is 40.6 Å². The molecule has 0 aromatic carbocycles. The largest absolute Gasteiger partial charge is 0.355 e. The second-order valence-electron chi connectivity index (χ2n) is 6.07. The molecule has 0 saturated heterocycles. The van der Waals surface area contributed by atoms with E-state index in [0.29, 0.717) is 26.7 Å². The fourth-order valence-electron chi connectivity index (χ4n) is 2.63. The van der Waals surface area contributed by atoms with E-state index in [2.05, 4.69) is 23.7 Å². The van der Waals surface area contributed by atoms with Crippen LogP contribution in [-0.2, 0) is 0 Å². The van der Waals surface area contributed by atoms with Crippen molar-refractivity contribution in [3.05, 3.63) is 21.3 Å². The maximum absolute atomic E-state index is 6.22. The molecule has 0 radical (unpaired) electrons. The van der Waals surface area contributed by atoms with Crippen LogP contribution in [0.4, 0.5) is 5.82 Å². The molecule has 2 nitrogen and oxygen atoms in total. The Morgan fingerprint density at radius 3 is 2.32 bits per heavy atom. The van der Waals surface area contributed by atoms with Crippen LogP contribution in [0.5, 0.6) is 0 Å². The zero-order valence-corrected chi connectivity index (χ0v) is 13.8. The van der Waals surface area contributed by atoms with Gasteiger partial charge in [0.2, 0.25) is 0 Å². The van der Waals surface area contributed by atoms with Crippen LogP contribution in [-0.4, -0.2) is 18.1 Å². The van der Waals surface area contributed by atoms with E-state index in [4.69, 9.17) is 34.8 Å². The summed E-state index contributed by atoms with van der Waals surface area (Å²) in [6.07, 6.45) is 4.76. The summed E-state index contributed by atoms with van der Waals surface area (Å²) >= 11 is 18.1. The van der Waals surface area contributed by atoms with Gasteiger partial charge in [-0.3, -0.25) is 0 Å². The highest BCUT2D eigenvalue weighted by Gasteiger charge is 2.30. The SMILES string of the molecule is CN(c1nc(Cl)c(Cl)cc1Cl)C1CCC(C)(C)CC1. The van der Waals surface area contributed by atoms with Gasteiger partial charge in [0.25, 0.3) is 0 Å². The van der Waals surface area contributed by atoms with Gasteiger partial charge in [-0.15, -0.1) is 0 Å². The van der Waals surface area contributed by atoms with Crippen molar-refractivity contribution in [2.24, 2.45) is 5.41 Å². The van der Waals surface area contributed by atoms with Gasteiger partial charge >= 0.3 is 0 Å². The van der Waals surface area contributed by atoms with Gasteiger partial charge in [0.1, 0.15) is 11.0 Å². The molecule has 0 spiro atoms. The molecule has 106 valence electrons. The number of halogens is 3. The first-order valence-electron chi connectivity index (χ1n) is 6.54. The van der Waals surface area contributed by atoms with Crippen LogP contribution >= 0.6 is 34.8 Å². The number of anilines is 1. The minimum Gasteiger partial charge on any atom is -0.355 e. The number of hydrogen-bond acceptors (Lipinski definition) is 2. The molecule has 0 amide bonds. The third-order valence-corrected chi connectivity index (χ3v) is 5.01. The predicted molar refractivity (Wildman–Crippen MR) is 83.7 cm³/mol. The molecule has 0 unspecified atom stereocenters. The van der Waals surface area contributed by atoms with Gasteiger partial charge < -0.3 is 4.90 Å². The first-order valence-corrected chi connectivity index (χ1v) is 7.68. The van der Waals surface area contributed by atoms with Crippen LogP contribution in [0.1, 0.15) is 39.5 Å². The first kappa shape index (κ1) is 15.2. The minimum absolute atomic E-state index is 0.309. The number of nitrogens with zero attached hydrogens (tertiary/aromatic N) is 2. The topological polar surface area (TPSA) is 16.1 Å². The lowest BCUT2D eigenvalue weighted by Gasteiger charge is -2.39. The summed E-state index contributed by atoms with van der Waals surface area (Å²) in [5.41, 5.74) is 0.451. The molecule has 19 heavy (non-hydrogen) atoms. The lowest BCUT2D eigenvalue weighted by molar-refractivity contribution is 0.222. The van der Waals surface area contributed by atoms with Crippen molar-refractivity contribution < 1.29 is 0 Å². The van der Waals surface area contributed by atoms with E-state index < -0.39 is 0 Å². The highest BCUT2D eigenvalue weighted by molar-refractivity contribution is 6.42. The van der Waals surface area contributed by atoms with Crippen molar-refractivity contribution in [3.8, 4) is 0 Å². The Balaban J connectivity index is 2.16. The maximum Gasteiger partial charge on any atom is 0.150 e. The van der Waals surface area contributed by atoms with Gasteiger partial charge in [0, 0.05) is 13.1 Å². The molecular weight excluding hydrogens is 303 g/mol. The zero-order valence-electron chi connectivity index (χ0n) is 11.5. The Morgan fingerprint density at radius 1 is 1.16 bits per heavy atom. The highest BCUT2D eigenvalue weighted by Crippen LogP contribution is 2.39. The van der Waals surface area contributed by atoms with Gasteiger partial charge in [0.05, 0.1) is 10.0 Å². The number of pyridine rings is 1. The highest BCUT2D eigenvalue weighted by atomic mass is 35.5. The smallest absolute Gasteiger partial charge is 0.150 e. The molecule has 1 aromatic heterocycles. The summed E-state index contributed by atoms with van der Waals surface area (Å²) in [4.78, 5) is 6.45. The molecule has 1 fully saturated rings. The first-order chi connectivity index (χ1) is 8.80. The zero-order chi connectivity index (χ0) is 14.2. The quantitative estimate of drug-likeness (QED) is 0.674. The van der Waals surface area contributed by atoms with Crippen LogP contribution in [0, 0.1) is 5.41 Å². The fourth-order valence-corrected chi connectivity index (χ4v) is 3.25. The van der Waals surface area contributed by atoms with Gasteiger partial charge in [-0.25, -0.2) is 4.98 Å². The van der Waals surface area contributed by atoms with Crippen LogP contribution in [0.2, 0.25) is 15.2 Å². The molecule has 1 aromatic rings. The molecule has 1 aliphatic rings. The molecular formula is C14H19Cl3N2. The van der Waals surface area contributed by atoms with Crippen molar-refractivity contribution in [2.75, 3.05) is 11.9 Å². The molecule has 0 N–H and O–H groups in total. The summed E-state index contributed by atoms with van der Waals surface area (Å²) in [7, 11) is 2.03. The second-order valence-corrected chi connectivity index (χ2v) is 7.25. The van der Waals surface area contributed by atoms with E-state index in [0.717, 1.165) is 18.7 Å². The Kier molecular flexibility index (Phi) is 4.54. The van der Waals surface area contributed by atoms with Crippen LogP contribution in [0.15, 0.2) is 6.07 Å². The molecule has 5 heteroatoms. The van der Waals surface area contributed by atoms with Gasteiger partial charge in [-0.1, -0.05) is 48.7 Å². The lowest BCUT2D eigenvalue weighted by atomic mass is 9.75. The summed E-state index contributed by atoms with van der Waals surface area (Å²) in [6.45, 7) is 4.65. The molecule has 0 aliphatic heterocycles. The van der Waals surface area contributed by atoms with E-state index in [9.17, 15) is 0 Å². The molecule has 0 bridgehead atoms. The predicted octanol–water partition coefficient (Wildman–Crippen LogP) is 5.45. The minimum atomic E-state index is 0.309. The monoisotopic (exact) mass is 320 g/mol. The third-order valence-electron chi connectivity index (χ3n) is 4.06. The van der Waals surface area contributed by atoms with E-state index >= 15 is 0 Å². The Labute approximate surface area is 130 Å². The normalized spacial score (nSPS) is 19.5. The van der Waals surface area contributed by atoms with Crippen LogP contribution < -0.4 is 4.90 Å². The van der Waals surface area contributed by atoms with Crippen molar-refractivity contribution in [1.82, 2.24) is 4.98 Å². The average molecular weight is 322 g/mol. The fraction of sp³-hybridized carbons (Fsp3) is 0.643. The van der Waals surface area contributed by atoms with Gasteiger partial charge in [-0.05, 0) is 37.2 Å². The van der Waals surface area contributed by atoms with E-state index in [1.807, 2.05) is 7.05 Å². The summed E-state index contributed by atoms with van der Waals surface area (Å²) in [5.74, 6) is 0.723. The Morgan fingerprint density at radius 2 is 1.74 bits per heavy atom. The van der Waals surface area contributed by atoms with Crippen LogP contribution in [0.3, 0.4) is 0 Å². The molecule has 1 heterocycles. The Hall–Kier alpha value is -0.180. The standard InChI is InChI=1S/C14H19Cl3N2/c1-14(2)6-4-9(5-7-14)19(3)13-11(16)8-10(15)12(17)18-13/h8-9H,4-7H2,1-3H3. The van der Waals surface area contributed by atoms with Crippen molar-refractivity contribution in [2.45, 2.75) is 45.6 Å². The van der Waals surface area contributed by atoms with Crippen molar-refractivity contribution in [3.63, 3.8) is 0 Å². The summed E-state index contributed by atoms with van der Waals surface area (Å²) in [6, 6.07) is 2.13. The number of hydrogen-bond donors (Lipinski definition) is 0. The molecule has 1 saturated carbocycles. The van der Waals surface area contributed by atoms with Gasteiger partial charge in [0.15, 0.2) is 0 Å². The summed E-state index contributed by atoms with van der Waals surface area (Å²) in [5, 5.41) is 1.26. The average Bonchev–Trinajstić information content (AvgIpc) is 2.33. The third kappa shape index (κ3) is 3.48. The molecule has 1 aliphatic carbocycles. The van der Waals surface area contributed by atoms with Gasteiger partial charge in [-0.2, -0.15) is 0 Å². The summed E-state index contributed by atoms with van der Waals surface area (Å²) < 4.78 is 0. The van der Waals surface area contributed by atoms with E-state index in [1.54, 1.807) is 6.07 Å². The Bertz CT molecular complexity index is 464. The number of rotatable bonds is 2. The lowest BCUT2D eigenvalue weighted by Crippen LogP contribution is -2.37. The second kappa shape index (κ2) is 5.67. The molecule has 0 atom stereocenters. The maximum atomic E-state index is 6.22.